The minimum Gasteiger partial charge on any atom is -0.381 e. The third-order valence-electron chi connectivity index (χ3n) is 5.14. The molecule has 0 radical (unpaired) electrons. The Balaban J connectivity index is 1.59. The van der Waals surface area contributed by atoms with Crippen LogP contribution in [0.5, 0.6) is 0 Å². The van der Waals surface area contributed by atoms with Gasteiger partial charge in [-0.1, -0.05) is 39.5 Å². The molecule has 2 rings (SSSR count). The predicted octanol–water partition coefficient (Wildman–Crippen LogP) is 2.69. The number of piperazine rings is 1. The summed E-state index contributed by atoms with van der Waals surface area (Å²) in [5.41, 5.74) is 0. The number of hydrogen-bond acceptors (Lipinski definition) is 3. The van der Waals surface area contributed by atoms with Crippen molar-refractivity contribution in [3.8, 4) is 0 Å². The summed E-state index contributed by atoms with van der Waals surface area (Å²) in [6.45, 7) is 8.10. The maximum absolute atomic E-state index is 12.3. The Hall–Kier alpha value is -1.10. The van der Waals surface area contributed by atoms with Gasteiger partial charge in [-0.2, -0.15) is 0 Å². The number of rotatable bonds is 8. The molecule has 24 heavy (non-hydrogen) atoms. The van der Waals surface area contributed by atoms with Gasteiger partial charge >= 0.3 is 0 Å². The zero-order chi connectivity index (χ0) is 17.4. The predicted molar refractivity (Wildman–Crippen MR) is 94.6 cm³/mol. The second-order valence-electron chi connectivity index (χ2n) is 7.67. The Morgan fingerprint density at radius 1 is 0.958 bits per heavy atom. The molecular formula is C19H34N2O3. The van der Waals surface area contributed by atoms with E-state index in [1.807, 2.05) is 9.80 Å². The van der Waals surface area contributed by atoms with Gasteiger partial charge in [-0.15, -0.1) is 0 Å². The second-order valence-corrected chi connectivity index (χ2v) is 7.67. The maximum atomic E-state index is 12.3. The van der Waals surface area contributed by atoms with E-state index in [1.54, 1.807) is 0 Å². The van der Waals surface area contributed by atoms with Gasteiger partial charge in [0.1, 0.15) is 0 Å². The Kier molecular flexibility index (Phi) is 8.03. The first-order valence-corrected chi connectivity index (χ1v) is 9.69. The summed E-state index contributed by atoms with van der Waals surface area (Å²) < 4.78 is 5.48. The maximum Gasteiger partial charge on any atom is 0.225 e. The first-order valence-electron chi connectivity index (χ1n) is 9.69. The van der Waals surface area contributed by atoms with Crippen molar-refractivity contribution in [3.05, 3.63) is 0 Å². The molecule has 5 heteroatoms. The van der Waals surface area contributed by atoms with Crippen LogP contribution in [0.3, 0.4) is 0 Å². The van der Waals surface area contributed by atoms with Crippen molar-refractivity contribution in [1.82, 2.24) is 9.80 Å². The van der Waals surface area contributed by atoms with Gasteiger partial charge in [-0.25, -0.2) is 0 Å². The third-order valence-corrected chi connectivity index (χ3v) is 5.14. The fourth-order valence-electron chi connectivity index (χ4n) is 3.63. The standard InChI is InChI=1S/C19H34N2O3/c1-16(2)15-24-14-9-19(23)21-12-10-20(11-13-21)18(22)8-7-17-5-3-4-6-17/h16-17H,3-15H2,1-2H3. The minimum atomic E-state index is 0.150. The number of amides is 2. The van der Waals surface area contributed by atoms with Crippen molar-refractivity contribution in [2.45, 2.75) is 58.8 Å². The second kappa shape index (κ2) is 10.0. The molecule has 1 aliphatic carbocycles. The first kappa shape index (κ1) is 19.2. The smallest absolute Gasteiger partial charge is 0.225 e. The van der Waals surface area contributed by atoms with E-state index in [9.17, 15) is 9.59 Å². The lowest BCUT2D eigenvalue weighted by Crippen LogP contribution is -2.50. The van der Waals surface area contributed by atoms with Crippen LogP contribution in [-0.2, 0) is 14.3 Å². The van der Waals surface area contributed by atoms with Crippen LogP contribution in [0.15, 0.2) is 0 Å². The summed E-state index contributed by atoms with van der Waals surface area (Å²) in [6, 6.07) is 0. The Labute approximate surface area is 146 Å². The molecule has 5 nitrogen and oxygen atoms in total. The van der Waals surface area contributed by atoms with E-state index in [-0.39, 0.29) is 11.8 Å². The number of carbonyl (C=O) groups excluding carboxylic acids is 2. The van der Waals surface area contributed by atoms with Crippen LogP contribution in [-0.4, -0.2) is 61.0 Å². The molecule has 0 atom stereocenters. The molecular weight excluding hydrogens is 304 g/mol. The number of nitrogens with zero attached hydrogens (tertiary/aromatic N) is 2. The normalized spacial score (nSPS) is 19.3. The Morgan fingerprint density at radius 2 is 1.50 bits per heavy atom. The van der Waals surface area contributed by atoms with Crippen LogP contribution in [0.2, 0.25) is 0 Å². The number of carbonyl (C=O) groups is 2. The molecule has 1 heterocycles. The van der Waals surface area contributed by atoms with Gasteiger partial charge in [0, 0.05) is 39.2 Å². The topological polar surface area (TPSA) is 49.9 Å². The quantitative estimate of drug-likeness (QED) is 0.639. The van der Waals surface area contributed by atoms with Crippen LogP contribution in [0.4, 0.5) is 0 Å². The highest BCUT2D eigenvalue weighted by molar-refractivity contribution is 5.78. The lowest BCUT2D eigenvalue weighted by Gasteiger charge is -2.35. The zero-order valence-corrected chi connectivity index (χ0v) is 15.5. The molecule has 2 amide bonds. The molecule has 2 fully saturated rings. The molecule has 2 aliphatic rings. The Morgan fingerprint density at radius 3 is 2.04 bits per heavy atom. The number of hydrogen-bond donors (Lipinski definition) is 0. The van der Waals surface area contributed by atoms with Crippen LogP contribution in [0, 0.1) is 11.8 Å². The highest BCUT2D eigenvalue weighted by Crippen LogP contribution is 2.28. The van der Waals surface area contributed by atoms with E-state index in [1.165, 1.54) is 25.7 Å². The molecule has 1 saturated carbocycles. The summed E-state index contributed by atoms with van der Waals surface area (Å²) in [7, 11) is 0. The summed E-state index contributed by atoms with van der Waals surface area (Å²) in [5.74, 6) is 1.69. The third kappa shape index (κ3) is 6.42. The molecule has 0 spiro atoms. The SMILES string of the molecule is CC(C)COCCC(=O)N1CCN(C(=O)CCC2CCCC2)CC1. The molecule has 138 valence electrons. The molecule has 0 aromatic carbocycles. The minimum absolute atomic E-state index is 0.150. The average Bonchev–Trinajstić information content (AvgIpc) is 3.10. The van der Waals surface area contributed by atoms with Crippen LogP contribution in [0.25, 0.3) is 0 Å². The van der Waals surface area contributed by atoms with Gasteiger partial charge in [0.05, 0.1) is 13.0 Å². The van der Waals surface area contributed by atoms with Crippen molar-refractivity contribution in [1.29, 1.82) is 0 Å². The van der Waals surface area contributed by atoms with Crippen LogP contribution in [0.1, 0.15) is 58.8 Å². The van der Waals surface area contributed by atoms with Crippen molar-refractivity contribution in [2.75, 3.05) is 39.4 Å². The molecule has 1 aliphatic heterocycles. The molecule has 0 bridgehead atoms. The summed E-state index contributed by atoms with van der Waals surface area (Å²) >= 11 is 0. The molecule has 1 saturated heterocycles. The fraction of sp³-hybridized carbons (Fsp3) is 0.895. The van der Waals surface area contributed by atoms with Gasteiger partial charge in [0.2, 0.25) is 11.8 Å². The van der Waals surface area contributed by atoms with Gasteiger partial charge in [-0.05, 0) is 18.3 Å². The molecule has 0 aromatic rings. The monoisotopic (exact) mass is 338 g/mol. The van der Waals surface area contributed by atoms with Gasteiger partial charge < -0.3 is 14.5 Å². The lowest BCUT2D eigenvalue weighted by molar-refractivity contribution is -0.140. The van der Waals surface area contributed by atoms with Gasteiger partial charge in [0.25, 0.3) is 0 Å². The van der Waals surface area contributed by atoms with E-state index in [0.29, 0.717) is 58.2 Å². The van der Waals surface area contributed by atoms with Gasteiger partial charge in [0.15, 0.2) is 0 Å². The molecule has 0 unspecified atom stereocenters. The summed E-state index contributed by atoms with van der Waals surface area (Å²) in [5, 5.41) is 0. The van der Waals surface area contributed by atoms with Crippen molar-refractivity contribution >= 4 is 11.8 Å². The highest BCUT2D eigenvalue weighted by atomic mass is 16.5. The van der Waals surface area contributed by atoms with E-state index in [4.69, 9.17) is 4.74 Å². The molecule has 0 aromatic heterocycles. The molecule has 0 N–H and O–H groups in total. The number of ether oxygens (including phenoxy) is 1. The van der Waals surface area contributed by atoms with Crippen molar-refractivity contribution in [2.24, 2.45) is 11.8 Å². The van der Waals surface area contributed by atoms with Crippen molar-refractivity contribution < 1.29 is 14.3 Å². The van der Waals surface area contributed by atoms with Gasteiger partial charge in [-0.3, -0.25) is 9.59 Å². The first-order chi connectivity index (χ1) is 11.6. The largest absolute Gasteiger partial charge is 0.381 e. The fourth-order valence-corrected chi connectivity index (χ4v) is 3.63. The zero-order valence-electron chi connectivity index (χ0n) is 15.5. The lowest BCUT2D eigenvalue weighted by atomic mass is 10.0. The van der Waals surface area contributed by atoms with Crippen LogP contribution >= 0.6 is 0 Å². The van der Waals surface area contributed by atoms with E-state index < -0.39 is 0 Å². The highest BCUT2D eigenvalue weighted by Gasteiger charge is 2.24. The van der Waals surface area contributed by atoms with Crippen molar-refractivity contribution in [3.63, 3.8) is 0 Å². The van der Waals surface area contributed by atoms with E-state index >= 15 is 0 Å². The summed E-state index contributed by atoms with van der Waals surface area (Å²) in [6.07, 6.45) is 7.44. The Bertz CT molecular complexity index is 397. The van der Waals surface area contributed by atoms with E-state index in [0.717, 1.165) is 12.3 Å². The van der Waals surface area contributed by atoms with Crippen LogP contribution < -0.4 is 0 Å². The average molecular weight is 338 g/mol. The van der Waals surface area contributed by atoms with E-state index in [2.05, 4.69) is 13.8 Å². The summed E-state index contributed by atoms with van der Waals surface area (Å²) in [4.78, 5) is 28.3.